The first kappa shape index (κ1) is 32.0. The number of H-pyrrole nitrogens is 1. The molecule has 2 heterocycles. The molecule has 1 aliphatic heterocycles. The maximum Gasteiger partial charge on any atom is 0.330 e. The van der Waals surface area contributed by atoms with Crippen LogP contribution in [0.15, 0.2) is 27.9 Å². The van der Waals surface area contributed by atoms with E-state index in [1.54, 1.807) is 24.5 Å². The second-order valence-electron chi connectivity index (χ2n) is 12.6. The summed E-state index contributed by atoms with van der Waals surface area (Å²) in [6.07, 6.45) is 1.11. The summed E-state index contributed by atoms with van der Waals surface area (Å²) in [7, 11) is -2.15. The summed E-state index contributed by atoms with van der Waals surface area (Å²) in [5.41, 5.74) is 0.653. The molecule has 0 radical (unpaired) electrons. The van der Waals surface area contributed by atoms with Crippen LogP contribution in [0.1, 0.15) is 72.1 Å². The molecule has 0 spiro atoms. The first-order chi connectivity index (χ1) is 17.4. The van der Waals surface area contributed by atoms with Gasteiger partial charge in [0.05, 0.1) is 18.8 Å². The Morgan fingerprint density at radius 3 is 2.63 bits per heavy atom. The predicted molar refractivity (Wildman–Crippen MR) is 162 cm³/mol. The van der Waals surface area contributed by atoms with Crippen LogP contribution in [0.25, 0.3) is 0 Å². The number of nitrogens with one attached hydrogen (secondary N) is 1. The number of hydrogen-bond donors (Lipinski definition) is 2. The molecular weight excluding hydrogens is 559 g/mol. The van der Waals surface area contributed by atoms with Gasteiger partial charge in [-0.3, -0.25) is 14.3 Å². The van der Waals surface area contributed by atoms with E-state index in [4.69, 9.17) is 25.5 Å². The van der Waals surface area contributed by atoms with E-state index in [0.717, 1.165) is 18.4 Å². The van der Waals surface area contributed by atoms with Crippen molar-refractivity contribution in [3.63, 3.8) is 0 Å². The smallest absolute Gasteiger partial charge is 0.330 e. The zero-order valence-electron chi connectivity index (χ0n) is 24.0. The number of allylic oxidation sites excluding steroid dienone is 1. The lowest BCUT2D eigenvalue weighted by Crippen LogP contribution is -2.46. The lowest BCUT2D eigenvalue weighted by molar-refractivity contribution is -0.0365. The lowest BCUT2D eigenvalue weighted by Gasteiger charge is -2.41. The minimum atomic E-state index is -2.15. The van der Waals surface area contributed by atoms with Crippen molar-refractivity contribution in [3.8, 4) is 0 Å². The van der Waals surface area contributed by atoms with Crippen molar-refractivity contribution >= 4 is 37.6 Å². The second-order valence-corrected chi connectivity index (χ2v) is 22.9. The zero-order valence-corrected chi connectivity index (χ0v) is 27.6. The van der Waals surface area contributed by atoms with Crippen LogP contribution in [0.4, 0.5) is 0 Å². The lowest BCUT2D eigenvalue weighted by atomic mass is 9.77. The number of ether oxygens (including phenoxy) is 1. The molecule has 1 aliphatic carbocycles. The molecule has 216 valence electrons. The van der Waals surface area contributed by atoms with Gasteiger partial charge in [0.15, 0.2) is 8.32 Å². The topological polar surface area (TPSA) is 103 Å². The van der Waals surface area contributed by atoms with E-state index in [9.17, 15) is 14.7 Å². The molecule has 2 aliphatic rings. The van der Waals surface area contributed by atoms with Gasteiger partial charge in [0.2, 0.25) is 0 Å². The largest absolute Gasteiger partial charge is 0.411 e. The molecule has 2 unspecified atom stereocenters. The molecule has 2 fully saturated rings. The molecule has 0 amide bonds. The van der Waals surface area contributed by atoms with Gasteiger partial charge < -0.3 is 18.8 Å². The van der Waals surface area contributed by atoms with Crippen molar-refractivity contribution in [1.29, 1.82) is 0 Å². The molecule has 38 heavy (non-hydrogen) atoms. The zero-order chi connectivity index (χ0) is 28.6. The van der Waals surface area contributed by atoms with Crippen molar-refractivity contribution in [2.45, 2.75) is 115 Å². The van der Waals surface area contributed by atoms with E-state index in [0.29, 0.717) is 24.3 Å². The highest BCUT2D eigenvalue weighted by Crippen LogP contribution is 2.55. The van der Waals surface area contributed by atoms with E-state index >= 15 is 0 Å². The van der Waals surface area contributed by atoms with Crippen molar-refractivity contribution in [3.05, 3.63) is 44.8 Å². The second kappa shape index (κ2) is 12.1. The van der Waals surface area contributed by atoms with E-state index in [2.05, 4.69) is 52.4 Å². The molecule has 1 aromatic rings. The Kier molecular flexibility index (Phi) is 10.2. The molecule has 1 saturated heterocycles. The van der Waals surface area contributed by atoms with Crippen LogP contribution < -0.4 is 11.2 Å². The molecule has 1 aromatic heterocycles. The normalized spacial score (nSPS) is 31.3. The van der Waals surface area contributed by atoms with Gasteiger partial charge in [0.1, 0.15) is 18.5 Å². The Morgan fingerprint density at radius 2 is 2.05 bits per heavy atom. The number of aryl methyl sites for hydroxylation is 1. The minimum Gasteiger partial charge on any atom is -0.411 e. The summed E-state index contributed by atoms with van der Waals surface area (Å²) < 4.78 is 20.4. The number of aliphatic hydroxyl groups is 1. The summed E-state index contributed by atoms with van der Waals surface area (Å²) >= 11 is 7.35. The quantitative estimate of drug-likeness (QED) is 0.223. The fourth-order valence-electron chi connectivity index (χ4n) is 4.70. The van der Waals surface area contributed by atoms with Crippen LogP contribution in [0, 0.1) is 12.8 Å². The Balaban J connectivity index is 1.73. The third-order valence-electron chi connectivity index (χ3n) is 8.47. The fourth-order valence-corrected chi connectivity index (χ4v) is 11.4. The van der Waals surface area contributed by atoms with Crippen molar-refractivity contribution in [2.75, 3.05) is 6.61 Å². The minimum absolute atomic E-state index is 0.00190. The van der Waals surface area contributed by atoms with Gasteiger partial charge in [0.25, 0.3) is 5.56 Å². The van der Waals surface area contributed by atoms with Gasteiger partial charge in [-0.25, -0.2) is 4.79 Å². The van der Waals surface area contributed by atoms with Gasteiger partial charge >= 0.3 is 5.69 Å². The molecule has 12 heteroatoms. The van der Waals surface area contributed by atoms with Gasteiger partial charge in [-0.2, -0.15) is 0 Å². The highest BCUT2D eigenvalue weighted by molar-refractivity contribution is 8.63. The van der Waals surface area contributed by atoms with Crippen LogP contribution in [-0.4, -0.2) is 52.6 Å². The predicted octanol–water partition coefficient (Wildman–Crippen LogP) is 5.27. The number of nitrogens with zero attached hydrogens (tertiary/aromatic N) is 1. The highest BCUT2D eigenvalue weighted by atomic mass is 32.9. The van der Waals surface area contributed by atoms with Crippen molar-refractivity contribution in [1.82, 2.24) is 9.55 Å². The number of aliphatic hydroxyl groups excluding tert-OH is 1. The average Bonchev–Trinajstić information content (AvgIpc) is 3.17. The highest BCUT2D eigenvalue weighted by Gasteiger charge is 2.46. The van der Waals surface area contributed by atoms with Gasteiger partial charge in [-0.05, 0) is 64.1 Å². The molecule has 8 nitrogen and oxygen atoms in total. The SMILES string of the molecule is C=C(C)[C@@H]1CC[C@](C)(S[PH](=S)OC[C@H]2O[C@@H](n3cc(C)c(=O)[nH]c3=O)CC2O[Si](C)(C)C(C)(C)C)[C@@H](O)C1. The summed E-state index contributed by atoms with van der Waals surface area (Å²) in [4.78, 5) is 26.8. The van der Waals surface area contributed by atoms with Gasteiger partial charge in [0, 0.05) is 22.9 Å². The van der Waals surface area contributed by atoms with Crippen LogP contribution in [0.3, 0.4) is 0 Å². The van der Waals surface area contributed by atoms with Gasteiger partial charge in [-0.15, -0.1) is 0 Å². The standard InChI is InChI=1S/C26H45N2O6PS2Si/c1-16(2)18-10-11-26(7,21(29)12-18)37-35(36)32-15-20-19(34-38(8,9)25(4,5)6)13-22(33-20)28-14-17(3)23(30)27-24(28)31/h14,18-22,29,35H,1,10-13,15H2,2-9H3,(H,27,30,31)/t18-,19?,20-,21+,22-,26+/m1/s1. The molecule has 0 bridgehead atoms. The number of aromatic amines is 1. The summed E-state index contributed by atoms with van der Waals surface area (Å²) in [5.74, 6) is 0.345. The van der Waals surface area contributed by atoms with Crippen LogP contribution in [0.2, 0.25) is 18.1 Å². The van der Waals surface area contributed by atoms with E-state index < -0.39 is 44.1 Å². The molecule has 1 saturated carbocycles. The van der Waals surface area contributed by atoms with Crippen molar-refractivity contribution in [2.24, 2.45) is 5.92 Å². The van der Waals surface area contributed by atoms with Gasteiger partial charge in [-0.1, -0.05) is 56.1 Å². The van der Waals surface area contributed by atoms with E-state index in [-0.39, 0.29) is 22.5 Å². The molecule has 7 atom stereocenters. The van der Waals surface area contributed by atoms with E-state index in [1.807, 2.05) is 6.92 Å². The average molecular weight is 605 g/mol. The Morgan fingerprint density at radius 1 is 1.39 bits per heavy atom. The Bertz CT molecular complexity index is 1170. The summed E-state index contributed by atoms with van der Waals surface area (Å²) in [6, 6.07) is 0. The van der Waals surface area contributed by atoms with E-state index in [1.165, 1.54) is 4.57 Å². The Hall–Kier alpha value is -0.523. The molecule has 0 aromatic carbocycles. The maximum atomic E-state index is 12.6. The monoisotopic (exact) mass is 604 g/mol. The third-order valence-corrected chi connectivity index (χ3v) is 17.8. The first-order valence-electron chi connectivity index (χ1n) is 13.3. The summed E-state index contributed by atoms with van der Waals surface area (Å²) in [6.45, 7) is 21.0. The van der Waals surface area contributed by atoms with Crippen LogP contribution in [-0.2, 0) is 25.5 Å². The van der Waals surface area contributed by atoms with Crippen LogP contribution >= 0.6 is 17.5 Å². The number of aromatic nitrogens is 2. The Labute approximate surface area is 237 Å². The number of hydrogen-bond acceptors (Lipinski definition) is 8. The molecular formula is C26H45N2O6PS2Si. The summed E-state index contributed by atoms with van der Waals surface area (Å²) in [5, 5.41) is 10.9. The molecule has 2 N–H and O–H groups in total. The third kappa shape index (κ3) is 7.40. The maximum absolute atomic E-state index is 12.6. The first-order valence-corrected chi connectivity index (χ1v) is 20.3. The van der Waals surface area contributed by atoms with Crippen LogP contribution in [0.5, 0.6) is 0 Å². The molecule has 3 rings (SSSR count). The number of rotatable bonds is 9. The van der Waals surface area contributed by atoms with Crippen molar-refractivity contribution < 1.29 is 18.8 Å². The fraction of sp³-hybridized carbons (Fsp3) is 0.769.